The molecule has 0 amide bonds. The molecule has 0 unspecified atom stereocenters. The van der Waals surface area contributed by atoms with Crippen LogP contribution in [-0.2, 0) is 16.6 Å². The van der Waals surface area contributed by atoms with Gasteiger partial charge < -0.3 is 5.32 Å². The lowest BCUT2D eigenvalue weighted by Crippen LogP contribution is -2.13. The molecule has 14 heteroatoms. The van der Waals surface area contributed by atoms with Gasteiger partial charge in [-0.15, -0.1) is 0 Å². The highest BCUT2D eigenvalue weighted by Gasteiger charge is 2.20. The second kappa shape index (κ2) is 9.79. The van der Waals surface area contributed by atoms with Crippen molar-refractivity contribution in [2.45, 2.75) is 11.4 Å². The third kappa shape index (κ3) is 5.17. The molecule has 186 valence electrons. The summed E-state index contributed by atoms with van der Waals surface area (Å²) in [6, 6.07) is 15.7. The Morgan fingerprint density at radius 2 is 1.78 bits per heavy atom. The third-order valence-electron chi connectivity index (χ3n) is 5.22. The lowest BCUT2D eigenvalue weighted by molar-refractivity contribution is -0.384. The molecule has 37 heavy (non-hydrogen) atoms. The van der Waals surface area contributed by atoms with Crippen molar-refractivity contribution in [3.05, 3.63) is 106 Å². The zero-order valence-corrected chi connectivity index (χ0v) is 20.4. The fourth-order valence-corrected chi connectivity index (χ4v) is 4.75. The molecular weight excluding hydrogens is 520 g/mol. The molecule has 0 atom stereocenters. The maximum absolute atomic E-state index is 12.8. The van der Waals surface area contributed by atoms with Crippen molar-refractivity contribution in [3.63, 3.8) is 0 Å². The molecule has 1 N–H and O–H groups in total. The Bertz CT molecular complexity index is 1690. The summed E-state index contributed by atoms with van der Waals surface area (Å²) in [4.78, 5) is 19.0. The van der Waals surface area contributed by atoms with Crippen molar-refractivity contribution >= 4 is 38.9 Å². The molecule has 5 rings (SSSR count). The van der Waals surface area contributed by atoms with Crippen LogP contribution in [0.1, 0.15) is 5.56 Å². The highest BCUT2D eigenvalue weighted by molar-refractivity contribution is 7.89. The first-order chi connectivity index (χ1) is 17.8. The predicted octanol–water partition coefficient (Wildman–Crippen LogP) is 4.13. The van der Waals surface area contributed by atoms with Gasteiger partial charge in [0.2, 0.25) is 5.95 Å². The molecule has 0 spiro atoms. The van der Waals surface area contributed by atoms with Crippen LogP contribution in [0.25, 0.3) is 11.4 Å². The van der Waals surface area contributed by atoms with Crippen molar-refractivity contribution in [1.29, 1.82) is 0 Å². The first-order valence-corrected chi connectivity index (χ1v) is 12.5. The SMILES string of the molecule is O=[N+]([O-])c1ccc(Cn2cc(Nc3ncc(Cl)c(-c4ccn(S(=O)(=O)c5ccccc5)n4)n3)cn2)cc1. The lowest BCUT2D eigenvalue weighted by atomic mass is 10.2. The molecule has 2 aromatic carbocycles. The fraction of sp³-hybridized carbons (Fsp3) is 0.0435. The van der Waals surface area contributed by atoms with Crippen LogP contribution in [-0.4, -0.2) is 42.3 Å². The Labute approximate surface area is 215 Å². The summed E-state index contributed by atoms with van der Waals surface area (Å²) < 4.78 is 28.2. The van der Waals surface area contributed by atoms with Crippen LogP contribution in [0.15, 0.2) is 90.3 Å². The van der Waals surface area contributed by atoms with Crippen LogP contribution in [0.2, 0.25) is 5.02 Å². The van der Waals surface area contributed by atoms with Gasteiger partial charge in [-0.3, -0.25) is 14.8 Å². The maximum atomic E-state index is 12.8. The third-order valence-corrected chi connectivity index (χ3v) is 7.06. The molecule has 0 saturated carbocycles. The van der Waals surface area contributed by atoms with Gasteiger partial charge >= 0.3 is 0 Å². The number of hydrogen-bond acceptors (Lipinski definition) is 9. The average molecular weight is 537 g/mol. The topological polar surface area (TPSA) is 151 Å². The van der Waals surface area contributed by atoms with Gasteiger partial charge in [-0.05, 0) is 23.8 Å². The molecule has 3 aromatic heterocycles. The standard InChI is InChI=1S/C23H17ClN8O4S/c24-20-13-25-23(27-17-12-26-30(15-17)14-16-6-8-18(9-7-16)32(33)34)28-22(20)21-10-11-31(29-21)37(35,36)19-4-2-1-3-5-19/h1-13,15H,14H2,(H,25,27,28). The van der Waals surface area contributed by atoms with E-state index in [9.17, 15) is 18.5 Å². The number of anilines is 2. The largest absolute Gasteiger partial charge is 0.321 e. The number of rotatable bonds is 8. The Morgan fingerprint density at radius 3 is 2.51 bits per heavy atom. The quantitative estimate of drug-likeness (QED) is 0.228. The normalized spacial score (nSPS) is 11.4. The molecule has 0 aliphatic carbocycles. The molecule has 0 bridgehead atoms. The van der Waals surface area contributed by atoms with E-state index < -0.39 is 14.9 Å². The summed E-state index contributed by atoms with van der Waals surface area (Å²) >= 11 is 6.29. The number of hydrogen-bond donors (Lipinski definition) is 1. The molecule has 0 saturated heterocycles. The number of benzene rings is 2. The smallest absolute Gasteiger partial charge is 0.282 e. The van der Waals surface area contributed by atoms with E-state index in [1.54, 1.807) is 47.4 Å². The van der Waals surface area contributed by atoms with E-state index in [1.807, 2.05) is 0 Å². The second-order valence-electron chi connectivity index (χ2n) is 7.76. The molecular formula is C23H17ClN8O4S. The number of non-ortho nitro benzene ring substituents is 1. The van der Waals surface area contributed by atoms with Crippen LogP contribution in [0.5, 0.6) is 0 Å². The fourth-order valence-electron chi connectivity index (χ4n) is 3.43. The van der Waals surface area contributed by atoms with Gasteiger partial charge in [0.05, 0.1) is 39.5 Å². The Morgan fingerprint density at radius 1 is 1.03 bits per heavy atom. The first kappa shape index (κ1) is 24.1. The van der Waals surface area contributed by atoms with Crippen molar-refractivity contribution in [2.24, 2.45) is 0 Å². The monoisotopic (exact) mass is 536 g/mol. The van der Waals surface area contributed by atoms with Crippen LogP contribution in [0, 0.1) is 10.1 Å². The Balaban J connectivity index is 1.33. The molecule has 5 aromatic rings. The molecule has 0 radical (unpaired) electrons. The molecule has 3 heterocycles. The minimum atomic E-state index is -3.87. The Hall–Kier alpha value is -4.62. The Kier molecular flexibility index (Phi) is 6.38. The van der Waals surface area contributed by atoms with E-state index in [1.165, 1.54) is 42.7 Å². The zero-order chi connectivity index (χ0) is 26.0. The van der Waals surface area contributed by atoms with Gasteiger partial charge in [0.1, 0.15) is 11.4 Å². The van der Waals surface area contributed by atoms with Crippen molar-refractivity contribution < 1.29 is 13.3 Å². The van der Waals surface area contributed by atoms with Crippen LogP contribution < -0.4 is 5.32 Å². The van der Waals surface area contributed by atoms with Gasteiger partial charge in [0.15, 0.2) is 0 Å². The number of nitrogens with zero attached hydrogens (tertiary/aromatic N) is 7. The van der Waals surface area contributed by atoms with Gasteiger partial charge in [-0.1, -0.05) is 41.9 Å². The highest BCUT2D eigenvalue weighted by Crippen LogP contribution is 2.26. The minimum Gasteiger partial charge on any atom is -0.321 e. The summed E-state index contributed by atoms with van der Waals surface area (Å²) in [6.45, 7) is 0.403. The highest BCUT2D eigenvalue weighted by atomic mass is 35.5. The van der Waals surface area contributed by atoms with Crippen LogP contribution in [0.4, 0.5) is 17.3 Å². The number of nitro benzene ring substituents is 1. The summed E-state index contributed by atoms with van der Waals surface area (Å²) in [6.07, 6.45) is 6.01. The second-order valence-corrected chi connectivity index (χ2v) is 9.96. The van der Waals surface area contributed by atoms with Gasteiger partial charge in [-0.2, -0.15) is 22.7 Å². The van der Waals surface area contributed by atoms with Crippen LogP contribution >= 0.6 is 11.6 Å². The first-order valence-electron chi connectivity index (χ1n) is 10.7. The number of nitro groups is 1. The van der Waals surface area contributed by atoms with E-state index in [0.29, 0.717) is 12.2 Å². The maximum Gasteiger partial charge on any atom is 0.282 e. The number of aromatic nitrogens is 6. The average Bonchev–Trinajstić information content (AvgIpc) is 3.56. The molecule has 0 fully saturated rings. The van der Waals surface area contributed by atoms with Gasteiger partial charge in [-0.25, -0.2) is 9.97 Å². The van der Waals surface area contributed by atoms with E-state index in [4.69, 9.17) is 11.6 Å². The number of nitrogens with one attached hydrogen (secondary N) is 1. The van der Waals surface area contributed by atoms with E-state index in [2.05, 4.69) is 25.5 Å². The summed E-state index contributed by atoms with van der Waals surface area (Å²) in [5, 5.41) is 22.5. The van der Waals surface area contributed by atoms with E-state index in [0.717, 1.165) is 9.65 Å². The van der Waals surface area contributed by atoms with E-state index >= 15 is 0 Å². The lowest BCUT2D eigenvalue weighted by Gasteiger charge is -2.06. The van der Waals surface area contributed by atoms with Gasteiger partial charge in [0, 0.05) is 24.5 Å². The summed E-state index contributed by atoms with van der Waals surface area (Å²) in [5.41, 5.74) is 1.95. The summed E-state index contributed by atoms with van der Waals surface area (Å²) in [7, 11) is -3.87. The predicted molar refractivity (Wildman–Crippen MR) is 135 cm³/mol. The molecule has 0 aliphatic rings. The number of halogens is 1. The van der Waals surface area contributed by atoms with Crippen LogP contribution in [0.3, 0.4) is 0 Å². The van der Waals surface area contributed by atoms with Crippen molar-refractivity contribution in [1.82, 2.24) is 28.9 Å². The summed E-state index contributed by atoms with van der Waals surface area (Å²) in [5.74, 6) is 0.203. The van der Waals surface area contributed by atoms with Crippen molar-refractivity contribution in [3.8, 4) is 11.4 Å². The van der Waals surface area contributed by atoms with E-state index in [-0.39, 0.29) is 32.9 Å². The molecule has 12 nitrogen and oxygen atoms in total. The molecule has 0 aliphatic heterocycles. The van der Waals surface area contributed by atoms with Crippen molar-refractivity contribution in [2.75, 3.05) is 5.32 Å². The minimum absolute atomic E-state index is 0.0183. The van der Waals surface area contributed by atoms with Gasteiger partial charge in [0.25, 0.3) is 15.7 Å². The zero-order valence-electron chi connectivity index (χ0n) is 18.8.